The molecule has 2 rings (SSSR count). The molecule has 148 valence electrons. The summed E-state index contributed by atoms with van der Waals surface area (Å²) in [5.41, 5.74) is -2.22. The first-order valence-corrected chi connectivity index (χ1v) is 10.3. The van der Waals surface area contributed by atoms with Crippen molar-refractivity contribution in [3.05, 3.63) is 69.3 Å². The maximum atomic E-state index is 13.4. The van der Waals surface area contributed by atoms with Crippen LogP contribution in [0, 0.1) is 58.2 Å². The predicted octanol–water partition coefficient (Wildman–Crippen LogP) is 6.81. The van der Waals surface area contributed by atoms with Gasteiger partial charge >= 0.3 is 0 Å². The number of benzene rings is 2. The first-order chi connectivity index (χ1) is 12.6. The lowest BCUT2D eigenvalue weighted by Gasteiger charge is -2.09. The van der Waals surface area contributed by atoms with Crippen LogP contribution in [0.3, 0.4) is 0 Å². The Labute approximate surface area is 156 Å². The lowest BCUT2D eigenvalue weighted by Crippen LogP contribution is -2.06. The third-order valence-corrected chi connectivity index (χ3v) is 7.13. The average molecular weight is 458 g/mol. The van der Waals surface area contributed by atoms with E-state index >= 15 is 0 Å². The van der Waals surface area contributed by atoms with E-state index in [1.165, 1.54) is 0 Å². The van der Waals surface area contributed by atoms with Crippen molar-refractivity contribution >= 4 is 31.4 Å². The molecule has 0 aliphatic carbocycles. The van der Waals surface area contributed by atoms with Gasteiger partial charge in [-0.3, -0.25) is 0 Å². The Balaban J connectivity index is 2.02. The van der Waals surface area contributed by atoms with Crippen molar-refractivity contribution in [3.8, 4) is 0 Å². The van der Waals surface area contributed by atoms with Crippen molar-refractivity contribution < 1.29 is 43.9 Å². The molecule has 0 heterocycles. The monoisotopic (exact) mass is 458 g/mol. The Morgan fingerprint density at radius 1 is 0.370 bits per heavy atom. The van der Waals surface area contributed by atoms with Crippen LogP contribution < -0.4 is 0 Å². The van der Waals surface area contributed by atoms with E-state index in [0.717, 1.165) is 0 Å². The Morgan fingerprint density at radius 3 is 0.852 bits per heavy atom. The first kappa shape index (κ1) is 22.1. The minimum absolute atomic E-state index is 0.538. The highest BCUT2D eigenvalue weighted by atomic mass is 33.5. The lowest BCUT2D eigenvalue weighted by atomic mass is 10.2. The van der Waals surface area contributed by atoms with Gasteiger partial charge in [0, 0.05) is 22.6 Å². The van der Waals surface area contributed by atoms with Crippen LogP contribution in [0.5, 0.6) is 0 Å². The molecule has 0 N–H and O–H groups in total. The van der Waals surface area contributed by atoms with Crippen LogP contribution in [-0.4, -0.2) is 0 Å². The van der Waals surface area contributed by atoms with E-state index in [0.29, 0.717) is 31.4 Å². The van der Waals surface area contributed by atoms with Crippen molar-refractivity contribution in [2.45, 2.75) is 11.5 Å². The molecule has 0 fully saturated rings. The fraction of sp³-hybridized carbons (Fsp3) is 0.143. The number of hydrogen-bond donors (Lipinski definition) is 0. The van der Waals surface area contributed by atoms with Gasteiger partial charge in [-0.1, -0.05) is 21.6 Å². The highest BCUT2D eigenvalue weighted by Gasteiger charge is 2.27. The Kier molecular flexibility index (Phi) is 7.25. The molecule has 0 aromatic heterocycles. The normalized spacial score (nSPS) is 11.3. The van der Waals surface area contributed by atoms with Crippen LogP contribution in [0.25, 0.3) is 0 Å². The average Bonchev–Trinajstić information content (AvgIpc) is 2.66. The van der Waals surface area contributed by atoms with Gasteiger partial charge in [0.25, 0.3) is 0 Å². The fourth-order valence-electron chi connectivity index (χ4n) is 1.75. The molecule has 0 bridgehead atoms. The molecule has 0 aliphatic heterocycles. The van der Waals surface area contributed by atoms with Crippen molar-refractivity contribution in [2.24, 2.45) is 0 Å². The van der Waals surface area contributed by atoms with Gasteiger partial charge in [0.2, 0.25) is 11.6 Å². The second-order valence-electron chi connectivity index (χ2n) is 4.69. The van der Waals surface area contributed by atoms with Crippen LogP contribution in [0.15, 0.2) is 0 Å². The molecule has 0 aliphatic rings. The van der Waals surface area contributed by atoms with Gasteiger partial charge < -0.3 is 0 Å². The Bertz CT molecular complexity index is 757. The SMILES string of the molecule is Fc1c(F)c(F)c(CSSSCc2c(F)c(F)c(F)c(F)c2F)c(F)c1F. The molecule has 13 heteroatoms. The van der Waals surface area contributed by atoms with Gasteiger partial charge in [-0.25, -0.2) is 43.9 Å². The van der Waals surface area contributed by atoms with E-state index in [4.69, 9.17) is 0 Å². The molecule has 0 radical (unpaired) electrons. The van der Waals surface area contributed by atoms with Crippen molar-refractivity contribution in [1.29, 1.82) is 0 Å². The standard InChI is InChI=1S/C14H4F10S3/c15-5-3(6(16)10(20)13(23)9(5)19)1-25-27-26-2-4-7(17)11(21)14(24)12(22)8(4)18/h1-2H2. The Hall–Kier alpha value is -1.21. The summed E-state index contributed by atoms with van der Waals surface area (Å²) in [5, 5.41) is 0. The molecular weight excluding hydrogens is 454 g/mol. The van der Waals surface area contributed by atoms with Crippen LogP contribution >= 0.6 is 31.4 Å². The molecule has 0 nitrogen and oxygen atoms in total. The molecule has 0 saturated heterocycles. The maximum absolute atomic E-state index is 13.4. The highest BCUT2D eigenvalue weighted by Crippen LogP contribution is 2.41. The zero-order valence-electron chi connectivity index (χ0n) is 12.4. The van der Waals surface area contributed by atoms with Gasteiger partial charge in [-0.05, 0) is 9.83 Å². The highest BCUT2D eigenvalue weighted by molar-refractivity contribution is 9.09. The van der Waals surface area contributed by atoms with Crippen LogP contribution in [0.4, 0.5) is 43.9 Å². The molecule has 2 aromatic carbocycles. The van der Waals surface area contributed by atoms with E-state index in [2.05, 4.69) is 0 Å². The summed E-state index contributed by atoms with van der Waals surface area (Å²) in [6.45, 7) is 0. The van der Waals surface area contributed by atoms with Crippen LogP contribution in [0.1, 0.15) is 11.1 Å². The van der Waals surface area contributed by atoms with Crippen molar-refractivity contribution in [3.63, 3.8) is 0 Å². The number of rotatable bonds is 6. The molecule has 2 aromatic rings. The Morgan fingerprint density at radius 2 is 0.593 bits per heavy atom. The van der Waals surface area contributed by atoms with Crippen LogP contribution in [0.2, 0.25) is 0 Å². The quantitative estimate of drug-likeness (QED) is 0.154. The second kappa shape index (κ2) is 8.86. The van der Waals surface area contributed by atoms with Crippen molar-refractivity contribution in [1.82, 2.24) is 0 Å². The number of hydrogen-bond acceptors (Lipinski definition) is 3. The fourth-order valence-corrected chi connectivity index (χ4v) is 5.34. The summed E-state index contributed by atoms with van der Waals surface area (Å²) in [6, 6.07) is 0. The molecule has 0 spiro atoms. The topological polar surface area (TPSA) is 0 Å². The molecule has 27 heavy (non-hydrogen) atoms. The summed E-state index contributed by atoms with van der Waals surface area (Å²) in [7, 11) is 1.67. The van der Waals surface area contributed by atoms with Crippen LogP contribution in [-0.2, 0) is 11.5 Å². The van der Waals surface area contributed by atoms with E-state index < -0.39 is 80.8 Å². The summed E-state index contributed by atoms with van der Waals surface area (Å²) in [4.78, 5) is 0. The summed E-state index contributed by atoms with van der Waals surface area (Å²) < 4.78 is 132. The predicted molar refractivity (Wildman–Crippen MR) is 82.6 cm³/mol. The zero-order valence-corrected chi connectivity index (χ0v) is 14.9. The van der Waals surface area contributed by atoms with Gasteiger partial charge in [-0.2, -0.15) is 0 Å². The van der Waals surface area contributed by atoms with E-state index in [1.807, 2.05) is 0 Å². The summed E-state index contributed by atoms with van der Waals surface area (Å²) >= 11 is 0. The van der Waals surface area contributed by atoms with E-state index in [-0.39, 0.29) is 0 Å². The first-order valence-electron chi connectivity index (χ1n) is 6.51. The molecule has 0 amide bonds. The van der Waals surface area contributed by atoms with Gasteiger partial charge in [-0.15, -0.1) is 0 Å². The van der Waals surface area contributed by atoms with E-state index in [9.17, 15) is 43.9 Å². The van der Waals surface area contributed by atoms with Crippen molar-refractivity contribution in [2.75, 3.05) is 0 Å². The smallest absolute Gasteiger partial charge is 0.200 e. The van der Waals surface area contributed by atoms with E-state index in [1.54, 1.807) is 0 Å². The zero-order chi connectivity index (χ0) is 20.5. The second-order valence-corrected chi connectivity index (χ2v) is 8.92. The van der Waals surface area contributed by atoms with Gasteiger partial charge in [0.1, 0.15) is 0 Å². The van der Waals surface area contributed by atoms with Gasteiger partial charge in [0.05, 0.1) is 0 Å². The third-order valence-electron chi connectivity index (χ3n) is 3.10. The summed E-state index contributed by atoms with van der Waals surface area (Å²) in [6.07, 6.45) is 0. The minimum atomic E-state index is -2.31. The molecule has 0 saturated carbocycles. The summed E-state index contributed by atoms with van der Waals surface area (Å²) in [5.74, 6) is -22.6. The molecular formula is C14H4F10S3. The number of halogens is 10. The maximum Gasteiger partial charge on any atom is 0.200 e. The lowest BCUT2D eigenvalue weighted by molar-refractivity contribution is 0.372. The van der Waals surface area contributed by atoms with Gasteiger partial charge in [0.15, 0.2) is 46.5 Å². The largest absolute Gasteiger partial charge is 0.203 e. The molecule has 0 atom stereocenters. The molecule has 0 unspecified atom stereocenters. The minimum Gasteiger partial charge on any atom is -0.203 e. The third kappa shape index (κ3) is 4.29.